The summed E-state index contributed by atoms with van der Waals surface area (Å²) < 4.78 is 5.25. The second-order valence-electron chi connectivity index (χ2n) is 4.23. The van der Waals surface area contributed by atoms with Crippen LogP contribution < -0.4 is 4.74 Å². The molecule has 1 nitrogen and oxygen atoms in total. The lowest BCUT2D eigenvalue weighted by atomic mass is 9.86. The van der Waals surface area contributed by atoms with Gasteiger partial charge in [-0.15, -0.1) is 0 Å². The molecule has 0 aliphatic rings. The van der Waals surface area contributed by atoms with E-state index < -0.39 is 0 Å². The van der Waals surface area contributed by atoms with E-state index in [0.717, 1.165) is 5.56 Å². The van der Waals surface area contributed by atoms with E-state index >= 15 is 0 Å². The monoisotopic (exact) mass is 262 g/mol. The maximum atomic E-state index is 5.94. The fourth-order valence-electron chi connectivity index (χ4n) is 1.26. The van der Waals surface area contributed by atoms with E-state index in [0.29, 0.717) is 10.8 Å². The molecule has 0 saturated heterocycles. The summed E-state index contributed by atoms with van der Waals surface area (Å²) in [5, 5.41) is 0.674. The largest absolute Gasteiger partial charge is 0.435 e. The van der Waals surface area contributed by atoms with Crippen molar-refractivity contribution in [3.63, 3.8) is 0 Å². The third-order valence-corrected chi connectivity index (χ3v) is 2.34. The Kier molecular flexibility index (Phi) is 3.99. The van der Waals surface area contributed by atoms with E-state index in [1.54, 1.807) is 12.1 Å². The van der Waals surface area contributed by atoms with E-state index in [2.05, 4.69) is 20.8 Å². The standard InChI is InChI=1S/C11H12Cl2OS/c1-11(2,3)8-6-7(12)4-5-9(8)14-10(13)15/h4-6H,1-3H3. The fraction of sp³-hybridized carbons (Fsp3) is 0.364. The van der Waals surface area contributed by atoms with Gasteiger partial charge in [-0.25, -0.2) is 0 Å². The number of thiocarbonyl (C=S) groups is 1. The number of benzene rings is 1. The quantitative estimate of drug-likeness (QED) is 0.543. The average Bonchev–Trinajstić information content (AvgIpc) is 2.05. The van der Waals surface area contributed by atoms with Gasteiger partial charge in [-0.2, -0.15) is 0 Å². The first-order valence-electron chi connectivity index (χ1n) is 4.48. The minimum absolute atomic E-state index is 0.0113. The number of halogens is 2. The summed E-state index contributed by atoms with van der Waals surface area (Å²) in [6.07, 6.45) is 0. The van der Waals surface area contributed by atoms with Gasteiger partial charge in [0.2, 0.25) is 0 Å². The number of rotatable bonds is 1. The fourth-order valence-corrected chi connectivity index (χ4v) is 1.61. The van der Waals surface area contributed by atoms with Gasteiger partial charge in [0, 0.05) is 10.6 Å². The Morgan fingerprint density at radius 1 is 1.33 bits per heavy atom. The highest BCUT2D eigenvalue weighted by Crippen LogP contribution is 2.33. The first-order valence-corrected chi connectivity index (χ1v) is 5.64. The molecule has 0 bridgehead atoms. The highest BCUT2D eigenvalue weighted by atomic mass is 35.5. The van der Waals surface area contributed by atoms with Crippen LogP contribution in [0.1, 0.15) is 26.3 Å². The van der Waals surface area contributed by atoms with Crippen molar-refractivity contribution < 1.29 is 4.74 Å². The zero-order chi connectivity index (χ0) is 11.6. The smallest absolute Gasteiger partial charge is 0.260 e. The molecule has 0 aromatic heterocycles. The normalized spacial score (nSPS) is 11.3. The Hall–Kier alpha value is -0.310. The minimum atomic E-state index is -0.0676. The van der Waals surface area contributed by atoms with Crippen LogP contribution in [0.15, 0.2) is 18.2 Å². The maximum absolute atomic E-state index is 5.94. The van der Waals surface area contributed by atoms with Gasteiger partial charge in [0.05, 0.1) is 0 Å². The molecule has 82 valence electrons. The number of hydrogen-bond donors (Lipinski definition) is 0. The summed E-state index contributed by atoms with van der Waals surface area (Å²) in [4.78, 5) is 0. The van der Waals surface area contributed by atoms with Crippen molar-refractivity contribution >= 4 is 39.9 Å². The van der Waals surface area contributed by atoms with E-state index in [-0.39, 0.29) is 9.92 Å². The molecule has 0 radical (unpaired) electrons. The van der Waals surface area contributed by atoms with Crippen LogP contribution in [-0.4, -0.2) is 4.51 Å². The predicted octanol–water partition coefficient (Wildman–Crippen LogP) is 4.54. The van der Waals surface area contributed by atoms with Crippen molar-refractivity contribution in [3.8, 4) is 5.75 Å². The summed E-state index contributed by atoms with van der Waals surface area (Å²) in [7, 11) is 0. The molecule has 1 aromatic rings. The Bertz CT molecular complexity index is 383. The van der Waals surface area contributed by atoms with Crippen LogP contribution in [-0.2, 0) is 5.41 Å². The van der Waals surface area contributed by atoms with Gasteiger partial charge in [-0.1, -0.05) is 32.4 Å². The molecule has 15 heavy (non-hydrogen) atoms. The van der Waals surface area contributed by atoms with E-state index in [4.69, 9.17) is 40.2 Å². The highest BCUT2D eigenvalue weighted by Gasteiger charge is 2.20. The summed E-state index contributed by atoms with van der Waals surface area (Å²) >= 11 is 16.2. The van der Waals surface area contributed by atoms with Gasteiger partial charge in [-0.05, 0) is 47.4 Å². The molecule has 0 heterocycles. The van der Waals surface area contributed by atoms with Crippen LogP contribution in [0, 0.1) is 0 Å². The molecule has 0 aliphatic carbocycles. The molecule has 0 aliphatic heterocycles. The van der Waals surface area contributed by atoms with Crippen molar-refractivity contribution in [1.29, 1.82) is 0 Å². The molecular weight excluding hydrogens is 251 g/mol. The van der Waals surface area contributed by atoms with E-state index in [1.165, 1.54) is 0 Å². The summed E-state index contributed by atoms with van der Waals surface area (Å²) in [5.41, 5.74) is 0.917. The van der Waals surface area contributed by atoms with Gasteiger partial charge in [0.1, 0.15) is 5.75 Å². The van der Waals surface area contributed by atoms with Crippen molar-refractivity contribution in [2.75, 3.05) is 0 Å². The molecule has 0 N–H and O–H groups in total. The molecule has 4 heteroatoms. The lowest BCUT2D eigenvalue weighted by Gasteiger charge is -2.22. The average molecular weight is 263 g/mol. The second-order valence-corrected chi connectivity index (χ2v) is 5.60. The van der Waals surface area contributed by atoms with Crippen LogP contribution in [0.2, 0.25) is 5.02 Å². The predicted molar refractivity (Wildman–Crippen MR) is 69.2 cm³/mol. The van der Waals surface area contributed by atoms with Gasteiger partial charge in [0.15, 0.2) is 0 Å². The number of hydrogen-bond acceptors (Lipinski definition) is 2. The van der Waals surface area contributed by atoms with Crippen molar-refractivity contribution in [3.05, 3.63) is 28.8 Å². The molecule has 0 spiro atoms. The zero-order valence-electron chi connectivity index (χ0n) is 8.80. The lowest BCUT2D eigenvalue weighted by Crippen LogP contribution is -2.14. The maximum Gasteiger partial charge on any atom is 0.260 e. The Labute approximate surface area is 105 Å². The molecule has 0 fully saturated rings. The summed E-state index contributed by atoms with van der Waals surface area (Å²) in [5.74, 6) is 0.659. The van der Waals surface area contributed by atoms with Gasteiger partial charge in [-0.3, -0.25) is 0 Å². The lowest BCUT2D eigenvalue weighted by molar-refractivity contribution is 0.518. The third kappa shape index (κ3) is 3.63. The van der Waals surface area contributed by atoms with Crippen molar-refractivity contribution in [1.82, 2.24) is 0 Å². The topological polar surface area (TPSA) is 9.23 Å². The SMILES string of the molecule is CC(C)(C)c1cc(Cl)ccc1OC(=S)Cl. The Balaban J connectivity index is 3.20. The zero-order valence-corrected chi connectivity index (χ0v) is 11.1. The molecule has 0 unspecified atom stereocenters. The Morgan fingerprint density at radius 2 is 1.93 bits per heavy atom. The Morgan fingerprint density at radius 3 is 2.40 bits per heavy atom. The van der Waals surface area contributed by atoms with Crippen LogP contribution in [0.4, 0.5) is 0 Å². The molecule has 0 amide bonds. The first kappa shape index (κ1) is 12.8. The van der Waals surface area contributed by atoms with E-state index in [1.807, 2.05) is 6.07 Å². The van der Waals surface area contributed by atoms with Gasteiger partial charge in [0.25, 0.3) is 4.51 Å². The van der Waals surface area contributed by atoms with Crippen LogP contribution in [0.5, 0.6) is 5.75 Å². The molecule has 1 rings (SSSR count). The molecule has 1 aromatic carbocycles. The van der Waals surface area contributed by atoms with Crippen LogP contribution in [0.3, 0.4) is 0 Å². The van der Waals surface area contributed by atoms with Gasteiger partial charge < -0.3 is 4.74 Å². The number of ether oxygens (including phenoxy) is 1. The second kappa shape index (κ2) is 4.69. The summed E-state index contributed by atoms with van der Waals surface area (Å²) in [6, 6.07) is 5.39. The van der Waals surface area contributed by atoms with Crippen LogP contribution in [0.25, 0.3) is 0 Å². The molecule has 0 atom stereocenters. The van der Waals surface area contributed by atoms with Crippen molar-refractivity contribution in [2.24, 2.45) is 0 Å². The first-order chi connectivity index (χ1) is 6.80. The highest BCUT2D eigenvalue weighted by molar-refractivity contribution is 7.82. The summed E-state index contributed by atoms with van der Waals surface area (Å²) in [6.45, 7) is 6.22. The molecule has 0 saturated carbocycles. The van der Waals surface area contributed by atoms with Crippen molar-refractivity contribution in [2.45, 2.75) is 26.2 Å². The van der Waals surface area contributed by atoms with Gasteiger partial charge >= 0.3 is 0 Å². The van der Waals surface area contributed by atoms with Crippen LogP contribution >= 0.6 is 35.4 Å². The molecular formula is C11H12Cl2OS. The third-order valence-electron chi connectivity index (χ3n) is 1.94. The minimum Gasteiger partial charge on any atom is -0.435 e. The van der Waals surface area contributed by atoms with E-state index in [9.17, 15) is 0 Å².